The monoisotopic (exact) mass is 281 g/mol. The van der Waals surface area contributed by atoms with Crippen LogP contribution in [0.5, 0.6) is 0 Å². The molecule has 2 aromatic rings. The Morgan fingerprint density at radius 3 is 2.63 bits per heavy atom. The standard InChI is InChI=1S/C15H14ClF2N/c1-9-7-11(17)5-6-12(9)14(19)8-10-3-2-4-13(16)15(10)18/h2-7,14H,8,19H2,1H3. The second kappa shape index (κ2) is 5.68. The lowest BCUT2D eigenvalue weighted by molar-refractivity contribution is 0.591. The van der Waals surface area contributed by atoms with Crippen LogP contribution < -0.4 is 5.73 Å². The maximum Gasteiger partial charge on any atom is 0.145 e. The Bertz CT molecular complexity index is 599. The molecule has 0 spiro atoms. The van der Waals surface area contributed by atoms with E-state index in [4.69, 9.17) is 17.3 Å². The lowest BCUT2D eigenvalue weighted by Crippen LogP contribution is -2.15. The van der Waals surface area contributed by atoms with Crippen LogP contribution in [-0.2, 0) is 6.42 Å². The van der Waals surface area contributed by atoms with Crippen LogP contribution in [-0.4, -0.2) is 0 Å². The molecular formula is C15H14ClF2N. The van der Waals surface area contributed by atoms with Crippen LogP contribution in [0.25, 0.3) is 0 Å². The second-order valence-electron chi connectivity index (χ2n) is 4.52. The van der Waals surface area contributed by atoms with E-state index in [1.165, 1.54) is 18.2 Å². The van der Waals surface area contributed by atoms with Gasteiger partial charge in [0.25, 0.3) is 0 Å². The average molecular weight is 282 g/mol. The molecule has 0 aliphatic rings. The summed E-state index contributed by atoms with van der Waals surface area (Å²) in [7, 11) is 0. The predicted molar refractivity (Wildman–Crippen MR) is 73.2 cm³/mol. The summed E-state index contributed by atoms with van der Waals surface area (Å²) < 4.78 is 26.8. The van der Waals surface area contributed by atoms with E-state index in [2.05, 4.69) is 0 Å². The zero-order valence-corrected chi connectivity index (χ0v) is 11.2. The van der Waals surface area contributed by atoms with Gasteiger partial charge in [0.05, 0.1) is 5.02 Å². The second-order valence-corrected chi connectivity index (χ2v) is 4.93. The van der Waals surface area contributed by atoms with Gasteiger partial charge in [0.15, 0.2) is 0 Å². The number of halogens is 3. The fourth-order valence-electron chi connectivity index (χ4n) is 2.11. The van der Waals surface area contributed by atoms with Crippen molar-refractivity contribution >= 4 is 11.6 Å². The molecule has 0 aromatic heterocycles. The van der Waals surface area contributed by atoms with Crippen LogP contribution in [0.15, 0.2) is 36.4 Å². The molecule has 0 amide bonds. The minimum absolute atomic E-state index is 0.0838. The summed E-state index contributed by atoms with van der Waals surface area (Å²) in [6, 6.07) is 8.85. The molecule has 0 aliphatic heterocycles. The SMILES string of the molecule is Cc1cc(F)ccc1C(N)Cc1cccc(Cl)c1F. The van der Waals surface area contributed by atoms with Gasteiger partial charge in [0, 0.05) is 6.04 Å². The summed E-state index contributed by atoms with van der Waals surface area (Å²) in [6.07, 6.45) is 0.318. The third-order valence-corrected chi connectivity index (χ3v) is 3.39. The maximum absolute atomic E-state index is 13.8. The summed E-state index contributed by atoms with van der Waals surface area (Å²) in [5.41, 5.74) is 8.09. The molecule has 0 saturated carbocycles. The largest absolute Gasteiger partial charge is 0.324 e. The number of nitrogens with two attached hydrogens (primary N) is 1. The molecule has 0 radical (unpaired) electrons. The molecule has 4 heteroatoms. The number of aryl methyl sites for hydroxylation is 1. The normalized spacial score (nSPS) is 12.5. The van der Waals surface area contributed by atoms with Crippen molar-refractivity contribution in [3.05, 3.63) is 69.7 Å². The Morgan fingerprint density at radius 2 is 1.95 bits per heavy atom. The third-order valence-electron chi connectivity index (χ3n) is 3.10. The zero-order chi connectivity index (χ0) is 14.0. The Hall–Kier alpha value is -1.45. The van der Waals surface area contributed by atoms with Crippen molar-refractivity contribution in [3.63, 3.8) is 0 Å². The van der Waals surface area contributed by atoms with Gasteiger partial charge in [-0.1, -0.05) is 29.8 Å². The van der Waals surface area contributed by atoms with Crippen LogP contribution in [0.1, 0.15) is 22.7 Å². The molecule has 0 bridgehead atoms. The minimum atomic E-state index is -0.445. The van der Waals surface area contributed by atoms with Crippen molar-refractivity contribution in [3.8, 4) is 0 Å². The van der Waals surface area contributed by atoms with Crippen LogP contribution in [0, 0.1) is 18.6 Å². The van der Waals surface area contributed by atoms with Gasteiger partial charge in [-0.05, 0) is 48.2 Å². The molecule has 2 N–H and O–H groups in total. The highest BCUT2D eigenvalue weighted by atomic mass is 35.5. The van der Waals surface area contributed by atoms with Crippen LogP contribution in [0.2, 0.25) is 5.02 Å². The van der Waals surface area contributed by atoms with E-state index in [-0.39, 0.29) is 10.8 Å². The summed E-state index contributed by atoms with van der Waals surface area (Å²) in [6.45, 7) is 1.78. The van der Waals surface area contributed by atoms with Crippen molar-refractivity contribution in [1.82, 2.24) is 0 Å². The minimum Gasteiger partial charge on any atom is -0.324 e. The van der Waals surface area contributed by atoms with E-state index < -0.39 is 11.9 Å². The van der Waals surface area contributed by atoms with Crippen molar-refractivity contribution in [2.24, 2.45) is 5.73 Å². The van der Waals surface area contributed by atoms with E-state index in [0.29, 0.717) is 12.0 Å². The zero-order valence-electron chi connectivity index (χ0n) is 10.5. The molecular weight excluding hydrogens is 268 g/mol. The first kappa shape index (κ1) is 14.0. The van der Waals surface area contributed by atoms with Gasteiger partial charge in [-0.3, -0.25) is 0 Å². The molecule has 2 rings (SSSR count). The molecule has 100 valence electrons. The van der Waals surface area contributed by atoms with Gasteiger partial charge >= 0.3 is 0 Å². The van der Waals surface area contributed by atoms with Crippen molar-refractivity contribution in [1.29, 1.82) is 0 Å². The highest BCUT2D eigenvalue weighted by Gasteiger charge is 2.14. The van der Waals surface area contributed by atoms with Gasteiger partial charge in [0.1, 0.15) is 11.6 Å². The van der Waals surface area contributed by atoms with Crippen LogP contribution in [0.4, 0.5) is 8.78 Å². The molecule has 0 saturated heterocycles. The van der Waals surface area contributed by atoms with E-state index in [9.17, 15) is 8.78 Å². The fraction of sp³-hybridized carbons (Fsp3) is 0.200. The summed E-state index contributed by atoms with van der Waals surface area (Å²) >= 11 is 5.73. The van der Waals surface area contributed by atoms with Crippen molar-refractivity contribution < 1.29 is 8.78 Å². The molecule has 19 heavy (non-hydrogen) atoms. The predicted octanol–water partition coefficient (Wildman–Crippen LogP) is 4.17. The Labute approximate surface area is 116 Å². The van der Waals surface area contributed by atoms with Gasteiger partial charge in [0.2, 0.25) is 0 Å². The fourth-order valence-corrected chi connectivity index (χ4v) is 2.30. The molecule has 2 aromatic carbocycles. The first-order valence-electron chi connectivity index (χ1n) is 5.93. The highest BCUT2D eigenvalue weighted by molar-refractivity contribution is 6.30. The molecule has 0 aliphatic carbocycles. The third kappa shape index (κ3) is 3.11. The van der Waals surface area contributed by atoms with E-state index >= 15 is 0 Å². The smallest absolute Gasteiger partial charge is 0.145 e. The van der Waals surface area contributed by atoms with E-state index in [0.717, 1.165) is 11.1 Å². The van der Waals surface area contributed by atoms with E-state index in [1.54, 1.807) is 25.1 Å². The molecule has 0 fully saturated rings. The van der Waals surface area contributed by atoms with E-state index in [1.807, 2.05) is 0 Å². The number of hydrogen-bond donors (Lipinski definition) is 1. The Kier molecular flexibility index (Phi) is 4.17. The van der Waals surface area contributed by atoms with Crippen molar-refractivity contribution in [2.75, 3.05) is 0 Å². The summed E-state index contributed by atoms with van der Waals surface area (Å²) in [5, 5.41) is 0.0838. The van der Waals surface area contributed by atoms with Crippen LogP contribution >= 0.6 is 11.6 Å². The molecule has 1 unspecified atom stereocenters. The first-order chi connectivity index (χ1) is 8.99. The lowest BCUT2D eigenvalue weighted by atomic mass is 9.96. The first-order valence-corrected chi connectivity index (χ1v) is 6.31. The quantitative estimate of drug-likeness (QED) is 0.898. The molecule has 1 atom stereocenters. The molecule has 1 nitrogen and oxygen atoms in total. The van der Waals surface area contributed by atoms with Crippen LogP contribution in [0.3, 0.4) is 0 Å². The van der Waals surface area contributed by atoms with Gasteiger partial charge < -0.3 is 5.73 Å². The number of benzene rings is 2. The summed E-state index contributed by atoms with van der Waals surface area (Å²) in [5.74, 6) is -0.748. The van der Waals surface area contributed by atoms with Gasteiger partial charge in [-0.15, -0.1) is 0 Å². The van der Waals surface area contributed by atoms with Crippen molar-refractivity contribution in [2.45, 2.75) is 19.4 Å². The maximum atomic E-state index is 13.8. The Balaban J connectivity index is 2.25. The average Bonchev–Trinajstić information content (AvgIpc) is 2.34. The van der Waals surface area contributed by atoms with Gasteiger partial charge in [-0.2, -0.15) is 0 Å². The highest BCUT2D eigenvalue weighted by Crippen LogP contribution is 2.24. The number of hydrogen-bond acceptors (Lipinski definition) is 1. The topological polar surface area (TPSA) is 26.0 Å². The summed E-state index contributed by atoms with van der Waals surface area (Å²) in [4.78, 5) is 0. The molecule has 0 heterocycles. The number of rotatable bonds is 3. The Morgan fingerprint density at radius 1 is 1.21 bits per heavy atom. The lowest BCUT2D eigenvalue weighted by Gasteiger charge is -2.15. The van der Waals surface area contributed by atoms with Gasteiger partial charge in [-0.25, -0.2) is 8.78 Å².